The second-order valence-electron chi connectivity index (χ2n) is 2.42. The summed E-state index contributed by atoms with van der Waals surface area (Å²) in [4.78, 5) is 10.9. The van der Waals surface area contributed by atoms with Crippen LogP contribution in [0.5, 0.6) is 0 Å². The van der Waals surface area contributed by atoms with E-state index < -0.39 is 0 Å². The van der Waals surface area contributed by atoms with Crippen LogP contribution in [0.2, 0.25) is 0 Å². The van der Waals surface area contributed by atoms with Crippen molar-refractivity contribution in [1.82, 2.24) is 5.32 Å². The summed E-state index contributed by atoms with van der Waals surface area (Å²) < 4.78 is 5.16. The molecule has 0 saturated carbocycles. The lowest BCUT2D eigenvalue weighted by atomic mass is 10.2. The second kappa shape index (κ2) is 7.62. The topological polar surface area (TPSA) is 38.3 Å². The number of morpholine rings is 1. The summed E-state index contributed by atoms with van der Waals surface area (Å²) in [7, 11) is 0. The molecule has 82 valence electrons. The molecule has 0 aromatic rings. The lowest BCUT2D eigenvalue weighted by Crippen LogP contribution is -2.33. The minimum atomic E-state index is -0.158. The van der Waals surface area contributed by atoms with E-state index in [-0.39, 0.29) is 12.5 Å². The highest BCUT2D eigenvalue weighted by Gasteiger charge is 2.16. The third kappa shape index (κ3) is 4.31. The van der Waals surface area contributed by atoms with Gasteiger partial charge in [-0.3, -0.25) is 4.79 Å². The SMILES string of the molecule is C=C/C=C1/NC(=O)CO/C1=C/C=C.CC. The van der Waals surface area contributed by atoms with Gasteiger partial charge in [-0.2, -0.15) is 0 Å². The van der Waals surface area contributed by atoms with Gasteiger partial charge < -0.3 is 10.1 Å². The van der Waals surface area contributed by atoms with Gasteiger partial charge in [0.15, 0.2) is 6.61 Å². The number of carbonyl (C=O) groups excluding carboxylic acids is 1. The minimum absolute atomic E-state index is 0.0498. The van der Waals surface area contributed by atoms with Crippen molar-refractivity contribution >= 4 is 5.91 Å². The number of nitrogens with one attached hydrogen (secondary N) is 1. The third-order valence-corrected chi connectivity index (χ3v) is 1.45. The second-order valence-corrected chi connectivity index (χ2v) is 2.42. The fourth-order valence-electron chi connectivity index (χ4n) is 0.956. The molecular weight excluding hydrogens is 190 g/mol. The molecule has 1 N–H and O–H groups in total. The number of hydrogen-bond acceptors (Lipinski definition) is 2. The average molecular weight is 207 g/mol. The average Bonchev–Trinajstić information content (AvgIpc) is 2.26. The Labute approximate surface area is 90.8 Å². The monoisotopic (exact) mass is 207 g/mol. The Morgan fingerprint density at radius 3 is 2.40 bits per heavy atom. The molecule has 1 heterocycles. The molecule has 0 aromatic heterocycles. The van der Waals surface area contributed by atoms with Crippen LogP contribution in [0.4, 0.5) is 0 Å². The van der Waals surface area contributed by atoms with Crippen LogP contribution in [-0.4, -0.2) is 12.5 Å². The Morgan fingerprint density at radius 1 is 1.27 bits per heavy atom. The molecule has 0 aromatic carbocycles. The van der Waals surface area contributed by atoms with Crippen LogP contribution in [-0.2, 0) is 9.53 Å². The maximum atomic E-state index is 10.9. The van der Waals surface area contributed by atoms with Gasteiger partial charge in [-0.15, -0.1) is 0 Å². The molecular formula is C12H17NO2. The lowest BCUT2D eigenvalue weighted by molar-refractivity contribution is -0.125. The Balaban J connectivity index is 0.000000921. The molecule has 0 bridgehead atoms. The molecule has 1 rings (SSSR count). The van der Waals surface area contributed by atoms with E-state index in [9.17, 15) is 4.79 Å². The van der Waals surface area contributed by atoms with Crippen molar-refractivity contribution < 1.29 is 9.53 Å². The van der Waals surface area contributed by atoms with Gasteiger partial charge in [0.05, 0.1) is 5.70 Å². The van der Waals surface area contributed by atoms with Crippen molar-refractivity contribution in [3.05, 3.63) is 48.9 Å². The van der Waals surface area contributed by atoms with E-state index in [4.69, 9.17) is 4.74 Å². The van der Waals surface area contributed by atoms with Crippen LogP contribution in [0.3, 0.4) is 0 Å². The van der Waals surface area contributed by atoms with Crippen molar-refractivity contribution in [2.24, 2.45) is 0 Å². The van der Waals surface area contributed by atoms with Crippen molar-refractivity contribution in [2.75, 3.05) is 6.61 Å². The minimum Gasteiger partial charge on any atom is -0.482 e. The highest BCUT2D eigenvalue weighted by molar-refractivity contribution is 5.81. The smallest absolute Gasteiger partial charge is 0.262 e. The zero-order valence-electron chi connectivity index (χ0n) is 9.25. The molecule has 1 saturated heterocycles. The summed E-state index contributed by atoms with van der Waals surface area (Å²) in [5.74, 6) is 0.448. The zero-order valence-corrected chi connectivity index (χ0v) is 9.25. The quantitative estimate of drug-likeness (QED) is 0.754. The van der Waals surface area contributed by atoms with Gasteiger partial charge in [-0.1, -0.05) is 39.2 Å². The Kier molecular flexibility index (Phi) is 6.72. The molecule has 1 fully saturated rings. The van der Waals surface area contributed by atoms with Crippen LogP contribution in [0.15, 0.2) is 48.9 Å². The molecule has 1 aliphatic rings. The summed E-state index contributed by atoms with van der Waals surface area (Å²) in [5, 5.41) is 2.66. The van der Waals surface area contributed by atoms with Gasteiger partial charge in [-0.05, 0) is 12.2 Å². The summed E-state index contributed by atoms with van der Waals surface area (Å²) in [6, 6.07) is 0. The van der Waals surface area contributed by atoms with Gasteiger partial charge in [0.25, 0.3) is 5.91 Å². The molecule has 0 unspecified atom stereocenters. The van der Waals surface area contributed by atoms with Crippen molar-refractivity contribution in [3.8, 4) is 0 Å². The molecule has 1 aliphatic heterocycles. The molecule has 0 aliphatic carbocycles. The predicted molar refractivity (Wildman–Crippen MR) is 62.0 cm³/mol. The third-order valence-electron chi connectivity index (χ3n) is 1.45. The standard InChI is InChI=1S/C10H11NO2.C2H6/c1-3-5-8-9(6-4-2)13-7-10(12)11-8;1-2/h3-6H,1-2,7H2,(H,11,12);1-2H3/b8-5+,9-6+;. The fourth-order valence-corrected chi connectivity index (χ4v) is 0.956. The zero-order chi connectivity index (χ0) is 11.7. The first-order valence-electron chi connectivity index (χ1n) is 4.86. The molecule has 3 heteroatoms. The summed E-state index contributed by atoms with van der Waals surface area (Å²) >= 11 is 0. The Morgan fingerprint density at radius 2 is 1.87 bits per heavy atom. The summed E-state index contributed by atoms with van der Waals surface area (Å²) in [6.45, 7) is 11.1. The first-order valence-corrected chi connectivity index (χ1v) is 4.86. The van der Waals surface area contributed by atoms with Crippen molar-refractivity contribution in [1.29, 1.82) is 0 Å². The van der Waals surface area contributed by atoms with Crippen molar-refractivity contribution in [2.45, 2.75) is 13.8 Å². The van der Waals surface area contributed by atoms with Gasteiger partial charge in [0.2, 0.25) is 0 Å². The molecule has 1 amide bonds. The van der Waals surface area contributed by atoms with Crippen LogP contribution < -0.4 is 5.32 Å². The largest absolute Gasteiger partial charge is 0.482 e. The van der Waals surface area contributed by atoms with Crippen LogP contribution in [0.1, 0.15) is 13.8 Å². The molecule has 3 nitrogen and oxygen atoms in total. The normalized spacial score (nSPS) is 19.7. The molecule has 15 heavy (non-hydrogen) atoms. The number of amides is 1. The molecule has 0 radical (unpaired) electrons. The van der Waals surface area contributed by atoms with Gasteiger partial charge in [-0.25, -0.2) is 0 Å². The molecule has 0 atom stereocenters. The summed E-state index contributed by atoms with van der Waals surface area (Å²) in [5.41, 5.74) is 0.617. The fraction of sp³-hybridized carbons (Fsp3) is 0.250. The number of allylic oxidation sites excluding steroid dienone is 4. The highest BCUT2D eigenvalue weighted by Crippen LogP contribution is 2.13. The van der Waals surface area contributed by atoms with E-state index in [1.165, 1.54) is 0 Å². The van der Waals surface area contributed by atoms with Gasteiger partial charge in [0.1, 0.15) is 5.76 Å². The van der Waals surface area contributed by atoms with E-state index >= 15 is 0 Å². The first-order chi connectivity index (χ1) is 7.27. The maximum absolute atomic E-state index is 10.9. The van der Waals surface area contributed by atoms with Gasteiger partial charge >= 0.3 is 0 Å². The highest BCUT2D eigenvalue weighted by atomic mass is 16.5. The first kappa shape index (κ1) is 13.2. The lowest BCUT2D eigenvalue weighted by Gasteiger charge is -2.19. The predicted octanol–water partition coefficient (Wildman–Crippen LogP) is 2.30. The molecule has 0 spiro atoms. The Bertz CT molecular complexity index is 301. The van der Waals surface area contributed by atoms with Crippen LogP contribution >= 0.6 is 0 Å². The van der Waals surface area contributed by atoms with E-state index in [0.717, 1.165) is 0 Å². The Hall–Kier alpha value is -1.77. The van der Waals surface area contributed by atoms with E-state index in [0.29, 0.717) is 11.5 Å². The van der Waals surface area contributed by atoms with E-state index in [1.54, 1.807) is 24.3 Å². The maximum Gasteiger partial charge on any atom is 0.262 e. The van der Waals surface area contributed by atoms with Crippen molar-refractivity contribution in [3.63, 3.8) is 0 Å². The summed E-state index contributed by atoms with van der Waals surface area (Å²) in [6.07, 6.45) is 6.55. The number of rotatable bonds is 2. The van der Waals surface area contributed by atoms with E-state index in [1.807, 2.05) is 13.8 Å². The van der Waals surface area contributed by atoms with Crippen LogP contribution in [0, 0.1) is 0 Å². The van der Waals surface area contributed by atoms with Crippen LogP contribution in [0.25, 0.3) is 0 Å². The number of hydrogen-bond donors (Lipinski definition) is 1. The number of ether oxygens (including phenoxy) is 1. The van der Waals surface area contributed by atoms with Gasteiger partial charge in [0, 0.05) is 0 Å². The number of carbonyl (C=O) groups is 1. The van der Waals surface area contributed by atoms with E-state index in [2.05, 4.69) is 18.5 Å².